The van der Waals surface area contributed by atoms with E-state index in [9.17, 15) is 0 Å². The second-order valence-electron chi connectivity index (χ2n) is 5.30. The average Bonchev–Trinajstić information content (AvgIpc) is 3.08. The van der Waals surface area contributed by atoms with Gasteiger partial charge in [-0.15, -0.1) is 5.10 Å². The molecule has 2 N–H and O–H groups in total. The van der Waals surface area contributed by atoms with Crippen LogP contribution in [-0.4, -0.2) is 28.1 Å². The molecule has 21 heavy (non-hydrogen) atoms. The van der Waals surface area contributed by atoms with Crippen molar-refractivity contribution >= 4 is 15.9 Å². The van der Waals surface area contributed by atoms with Crippen LogP contribution in [0.25, 0.3) is 0 Å². The van der Waals surface area contributed by atoms with Crippen molar-refractivity contribution in [2.24, 2.45) is 5.73 Å². The third kappa shape index (κ3) is 3.44. The summed E-state index contributed by atoms with van der Waals surface area (Å²) in [6.07, 6.45) is 6.01. The summed E-state index contributed by atoms with van der Waals surface area (Å²) in [6, 6.07) is 4.23. The number of benzene rings is 1. The van der Waals surface area contributed by atoms with Gasteiger partial charge in [0.1, 0.15) is 5.75 Å². The van der Waals surface area contributed by atoms with Crippen molar-refractivity contribution in [3.05, 3.63) is 39.6 Å². The molecule has 0 fully saturated rings. The Morgan fingerprint density at radius 1 is 1.33 bits per heavy atom. The van der Waals surface area contributed by atoms with E-state index in [2.05, 4.69) is 38.4 Å². The average molecular weight is 351 g/mol. The predicted molar refractivity (Wildman–Crippen MR) is 84.5 cm³/mol. The van der Waals surface area contributed by atoms with E-state index in [1.807, 2.05) is 10.9 Å². The van der Waals surface area contributed by atoms with Gasteiger partial charge in [-0.25, -0.2) is 4.68 Å². The smallest absolute Gasteiger partial charge is 0.127 e. The summed E-state index contributed by atoms with van der Waals surface area (Å²) in [5.74, 6) is 1.01. The highest BCUT2D eigenvalue weighted by atomic mass is 79.9. The van der Waals surface area contributed by atoms with E-state index in [1.165, 1.54) is 5.56 Å². The third-order valence-electron chi connectivity index (χ3n) is 3.63. The number of nitrogens with two attached hydrogens (primary N) is 1. The lowest BCUT2D eigenvalue weighted by molar-refractivity contribution is 0.352. The maximum absolute atomic E-state index is 5.75. The summed E-state index contributed by atoms with van der Waals surface area (Å²) in [4.78, 5) is 0. The predicted octanol–water partition coefficient (Wildman–Crippen LogP) is 2.31. The van der Waals surface area contributed by atoms with Gasteiger partial charge in [0.2, 0.25) is 0 Å². The first-order valence-corrected chi connectivity index (χ1v) is 8.09. The largest absolute Gasteiger partial charge is 0.493 e. The molecule has 0 unspecified atom stereocenters. The Bertz CT molecular complexity index is 626. The number of ether oxygens (including phenoxy) is 1. The van der Waals surface area contributed by atoms with Gasteiger partial charge in [-0.1, -0.05) is 21.1 Å². The Labute approximate surface area is 132 Å². The van der Waals surface area contributed by atoms with Crippen molar-refractivity contribution in [2.45, 2.75) is 32.2 Å². The van der Waals surface area contributed by atoms with Crippen molar-refractivity contribution in [1.29, 1.82) is 0 Å². The van der Waals surface area contributed by atoms with E-state index in [4.69, 9.17) is 10.5 Å². The molecule has 2 heterocycles. The zero-order valence-electron chi connectivity index (χ0n) is 11.9. The maximum atomic E-state index is 5.75. The second kappa shape index (κ2) is 6.58. The van der Waals surface area contributed by atoms with Crippen LogP contribution >= 0.6 is 15.9 Å². The Balaban J connectivity index is 1.72. The van der Waals surface area contributed by atoms with Crippen LogP contribution < -0.4 is 10.5 Å². The number of hydrogen-bond acceptors (Lipinski definition) is 4. The molecule has 0 saturated carbocycles. The molecule has 1 aliphatic heterocycles. The van der Waals surface area contributed by atoms with Crippen molar-refractivity contribution in [3.8, 4) is 5.75 Å². The summed E-state index contributed by atoms with van der Waals surface area (Å²) >= 11 is 3.56. The standard InChI is InChI=1S/C15H19BrN4O/c16-13-7-11-4-6-21-15(11)12(8-13)9-20-10-14(18-19-20)3-1-2-5-17/h7-8,10H,1-6,9,17H2. The molecule has 0 bridgehead atoms. The molecule has 1 aliphatic rings. The van der Waals surface area contributed by atoms with Gasteiger partial charge in [-0.3, -0.25) is 0 Å². The molecular formula is C15H19BrN4O. The Kier molecular flexibility index (Phi) is 4.55. The fraction of sp³-hybridized carbons (Fsp3) is 0.467. The Morgan fingerprint density at radius 2 is 2.24 bits per heavy atom. The lowest BCUT2D eigenvalue weighted by atomic mass is 10.1. The van der Waals surface area contributed by atoms with E-state index < -0.39 is 0 Å². The van der Waals surface area contributed by atoms with Crippen LogP contribution in [0.4, 0.5) is 0 Å². The van der Waals surface area contributed by atoms with Crippen LogP contribution in [0.1, 0.15) is 29.7 Å². The molecular weight excluding hydrogens is 332 g/mol. The summed E-state index contributed by atoms with van der Waals surface area (Å²) < 4.78 is 8.71. The van der Waals surface area contributed by atoms with Gasteiger partial charge in [-0.05, 0) is 43.5 Å². The summed E-state index contributed by atoms with van der Waals surface area (Å²) in [6.45, 7) is 2.18. The number of hydrogen-bond donors (Lipinski definition) is 1. The van der Waals surface area contributed by atoms with Crippen molar-refractivity contribution in [3.63, 3.8) is 0 Å². The Hall–Kier alpha value is -1.40. The van der Waals surface area contributed by atoms with E-state index in [0.29, 0.717) is 6.54 Å². The number of rotatable bonds is 6. The van der Waals surface area contributed by atoms with Crippen LogP contribution in [0.15, 0.2) is 22.8 Å². The highest BCUT2D eigenvalue weighted by molar-refractivity contribution is 9.10. The van der Waals surface area contributed by atoms with E-state index in [0.717, 1.165) is 60.3 Å². The van der Waals surface area contributed by atoms with Gasteiger partial charge in [0.15, 0.2) is 0 Å². The molecule has 0 atom stereocenters. The Morgan fingerprint density at radius 3 is 3.10 bits per heavy atom. The molecule has 112 valence electrons. The maximum Gasteiger partial charge on any atom is 0.127 e. The zero-order chi connectivity index (χ0) is 14.7. The number of fused-ring (bicyclic) bond motifs is 1. The topological polar surface area (TPSA) is 66.0 Å². The van der Waals surface area contributed by atoms with Gasteiger partial charge in [0.25, 0.3) is 0 Å². The first kappa shape index (κ1) is 14.5. The number of halogens is 1. The molecule has 0 saturated heterocycles. The third-order valence-corrected chi connectivity index (χ3v) is 4.09. The van der Waals surface area contributed by atoms with Gasteiger partial charge in [0.05, 0.1) is 18.8 Å². The number of nitrogens with zero attached hydrogens (tertiary/aromatic N) is 3. The van der Waals surface area contributed by atoms with Crippen LogP contribution in [0, 0.1) is 0 Å². The van der Waals surface area contributed by atoms with Crippen molar-refractivity contribution < 1.29 is 4.74 Å². The number of unbranched alkanes of at least 4 members (excludes halogenated alkanes) is 1. The SMILES string of the molecule is NCCCCc1cn(Cc2cc(Br)cc3c2OCC3)nn1. The minimum atomic E-state index is 0.686. The monoisotopic (exact) mass is 350 g/mol. The van der Waals surface area contributed by atoms with Gasteiger partial charge >= 0.3 is 0 Å². The van der Waals surface area contributed by atoms with E-state index in [-0.39, 0.29) is 0 Å². The van der Waals surface area contributed by atoms with Crippen LogP contribution in [0.5, 0.6) is 5.75 Å². The highest BCUT2D eigenvalue weighted by Crippen LogP contribution is 2.33. The molecule has 2 aromatic rings. The minimum Gasteiger partial charge on any atom is -0.493 e. The first-order chi connectivity index (χ1) is 10.3. The fourth-order valence-electron chi connectivity index (χ4n) is 2.62. The molecule has 1 aromatic carbocycles. The fourth-order valence-corrected chi connectivity index (χ4v) is 3.17. The van der Waals surface area contributed by atoms with Gasteiger partial charge in [-0.2, -0.15) is 0 Å². The van der Waals surface area contributed by atoms with Crippen LogP contribution in [-0.2, 0) is 19.4 Å². The van der Waals surface area contributed by atoms with Crippen molar-refractivity contribution in [2.75, 3.05) is 13.2 Å². The summed E-state index contributed by atoms with van der Waals surface area (Å²) in [5, 5.41) is 8.43. The molecule has 0 amide bonds. The second-order valence-corrected chi connectivity index (χ2v) is 6.22. The van der Waals surface area contributed by atoms with Gasteiger partial charge < -0.3 is 10.5 Å². The van der Waals surface area contributed by atoms with Crippen molar-refractivity contribution in [1.82, 2.24) is 15.0 Å². The molecule has 3 rings (SSSR count). The van der Waals surface area contributed by atoms with E-state index >= 15 is 0 Å². The first-order valence-electron chi connectivity index (χ1n) is 7.29. The normalized spacial score (nSPS) is 13.2. The summed E-state index contributed by atoms with van der Waals surface area (Å²) in [7, 11) is 0. The molecule has 0 aliphatic carbocycles. The number of aryl methyl sites for hydroxylation is 1. The molecule has 6 heteroatoms. The minimum absolute atomic E-state index is 0.686. The molecule has 0 spiro atoms. The lowest BCUT2D eigenvalue weighted by Gasteiger charge is -2.08. The highest BCUT2D eigenvalue weighted by Gasteiger charge is 2.18. The molecule has 1 aromatic heterocycles. The van der Waals surface area contributed by atoms with Crippen LogP contribution in [0.2, 0.25) is 0 Å². The molecule has 0 radical (unpaired) electrons. The summed E-state index contributed by atoms with van der Waals surface area (Å²) in [5.41, 5.74) is 8.95. The quantitative estimate of drug-likeness (QED) is 0.811. The van der Waals surface area contributed by atoms with E-state index in [1.54, 1.807) is 0 Å². The molecule has 5 nitrogen and oxygen atoms in total. The zero-order valence-corrected chi connectivity index (χ0v) is 13.5. The lowest BCUT2D eigenvalue weighted by Crippen LogP contribution is -2.02. The number of aromatic nitrogens is 3. The van der Waals surface area contributed by atoms with Crippen LogP contribution in [0.3, 0.4) is 0 Å². The van der Waals surface area contributed by atoms with Gasteiger partial charge in [0, 0.05) is 22.7 Å².